The van der Waals surface area contributed by atoms with Crippen molar-refractivity contribution in [2.75, 3.05) is 0 Å². The third-order valence-electron chi connectivity index (χ3n) is 2.29. The SMILES string of the molecule is O=C1C[C@@H](CCc2ccccc2)O1. The Balaban J connectivity index is 1.77. The van der Waals surface area contributed by atoms with E-state index in [4.69, 9.17) is 4.74 Å². The number of cyclic esters (lactones) is 1. The number of esters is 1. The molecule has 13 heavy (non-hydrogen) atoms. The van der Waals surface area contributed by atoms with E-state index < -0.39 is 0 Å². The minimum absolute atomic E-state index is 0.0574. The third-order valence-corrected chi connectivity index (χ3v) is 2.29. The minimum Gasteiger partial charge on any atom is -0.462 e. The molecule has 0 bridgehead atoms. The highest BCUT2D eigenvalue weighted by molar-refractivity contribution is 5.75. The highest BCUT2D eigenvalue weighted by Gasteiger charge is 2.27. The maximum atomic E-state index is 10.5. The van der Waals surface area contributed by atoms with Gasteiger partial charge in [-0.1, -0.05) is 30.3 Å². The van der Waals surface area contributed by atoms with Gasteiger partial charge in [0, 0.05) is 0 Å². The smallest absolute Gasteiger partial charge is 0.309 e. The summed E-state index contributed by atoms with van der Waals surface area (Å²) in [6.45, 7) is 0. The van der Waals surface area contributed by atoms with E-state index in [0.717, 1.165) is 12.8 Å². The van der Waals surface area contributed by atoms with Crippen LogP contribution in [0, 0.1) is 0 Å². The average molecular weight is 176 g/mol. The quantitative estimate of drug-likeness (QED) is 0.658. The van der Waals surface area contributed by atoms with Gasteiger partial charge in [0.15, 0.2) is 0 Å². The van der Waals surface area contributed by atoms with Crippen molar-refractivity contribution in [3.8, 4) is 0 Å². The number of carbonyl (C=O) groups is 1. The van der Waals surface area contributed by atoms with Gasteiger partial charge in [0.05, 0.1) is 6.42 Å². The van der Waals surface area contributed by atoms with Gasteiger partial charge in [-0.25, -0.2) is 0 Å². The molecule has 2 heteroatoms. The van der Waals surface area contributed by atoms with Crippen LogP contribution in [-0.2, 0) is 16.0 Å². The Morgan fingerprint density at radius 2 is 2.00 bits per heavy atom. The van der Waals surface area contributed by atoms with Crippen LogP contribution in [0.2, 0.25) is 0 Å². The molecule has 2 nitrogen and oxygen atoms in total. The van der Waals surface area contributed by atoms with Crippen molar-refractivity contribution in [1.82, 2.24) is 0 Å². The molecule has 1 fully saturated rings. The summed E-state index contributed by atoms with van der Waals surface area (Å²) in [6, 6.07) is 10.3. The number of hydrogen-bond acceptors (Lipinski definition) is 2. The molecule has 0 N–H and O–H groups in total. The van der Waals surface area contributed by atoms with Crippen LogP contribution in [0.15, 0.2) is 30.3 Å². The fraction of sp³-hybridized carbons (Fsp3) is 0.364. The maximum absolute atomic E-state index is 10.5. The summed E-state index contributed by atoms with van der Waals surface area (Å²) in [5.74, 6) is -0.0574. The molecule has 1 aromatic carbocycles. The van der Waals surface area contributed by atoms with Gasteiger partial charge in [-0.2, -0.15) is 0 Å². The molecule has 1 heterocycles. The Labute approximate surface area is 77.5 Å². The van der Waals surface area contributed by atoms with Crippen molar-refractivity contribution in [3.63, 3.8) is 0 Å². The number of ether oxygens (including phenoxy) is 1. The molecule has 0 saturated carbocycles. The van der Waals surface area contributed by atoms with Crippen molar-refractivity contribution in [1.29, 1.82) is 0 Å². The minimum atomic E-state index is -0.0574. The molecule has 0 unspecified atom stereocenters. The molecule has 1 aromatic rings. The fourth-order valence-electron chi connectivity index (χ4n) is 1.50. The number of carbonyl (C=O) groups excluding carboxylic acids is 1. The van der Waals surface area contributed by atoms with Gasteiger partial charge in [-0.05, 0) is 18.4 Å². The van der Waals surface area contributed by atoms with E-state index >= 15 is 0 Å². The van der Waals surface area contributed by atoms with Crippen LogP contribution in [-0.4, -0.2) is 12.1 Å². The van der Waals surface area contributed by atoms with Crippen LogP contribution in [0.25, 0.3) is 0 Å². The second-order valence-electron chi connectivity index (χ2n) is 3.34. The van der Waals surface area contributed by atoms with Gasteiger partial charge < -0.3 is 4.74 Å². The lowest BCUT2D eigenvalue weighted by atomic mass is 10.0. The summed E-state index contributed by atoms with van der Waals surface area (Å²) in [5, 5.41) is 0. The van der Waals surface area contributed by atoms with Gasteiger partial charge in [0.1, 0.15) is 6.10 Å². The predicted molar refractivity (Wildman–Crippen MR) is 49.3 cm³/mol. The molecule has 0 radical (unpaired) electrons. The number of benzene rings is 1. The Morgan fingerprint density at radius 3 is 2.62 bits per heavy atom. The number of rotatable bonds is 3. The first-order chi connectivity index (χ1) is 6.34. The molecule has 0 spiro atoms. The summed E-state index contributed by atoms with van der Waals surface area (Å²) in [5.41, 5.74) is 1.31. The molecule has 0 aliphatic carbocycles. The van der Waals surface area contributed by atoms with Crippen molar-refractivity contribution in [2.24, 2.45) is 0 Å². The zero-order chi connectivity index (χ0) is 9.10. The van der Waals surface area contributed by atoms with Crippen LogP contribution in [0.1, 0.15) is 18.4 Å². The van der Waals surface area contributed by atoms with Gasteiger partial charge in [0.2, 0.25) is 0 Å². The molecular weight excluding hydrogens is 164 g/mol. The lowest BCUT2D eigenvalue weighted by molar-refractivity contribution is -0.169. The van der Waals surface area contributed by atoms with Crippen molar-refractivity contribution < 1.29 is 9.53 Å². The van der Waals surface area contributed by atoms with E-state index in [1.807, 2.05) is 18.2 Å². The first-order valence-electron chi connectivity index (χ1n) is 4.58. The molecule has 1 aliphatic rings. The van der Waals surface area contributed by atoms with Crippen molar-refractivity contribution in [3.05, 3.63) is 35.9 Å². The fourth-order valence-corrected chi connectivity index (χ4v) is 1.50. The van der Waals surface area contributed by atoms with Crippen LogP contribution in [0.4, 0.5) is 0 Å². The second-order valence-corrected chi connectivity index (χ2v) is 3.34. The zero-order valence-corrected chi connectivity index (χ0v) is 7.40. The average Bonchev–Trinajstić information content (AvgIpc) is 2.12. The standard InChI is InChI=1S/C11H12O2/c12-11-8-10(13-11)7-6-9-4-2-1-3-5-9/h1-5,10H,6-8H2/t10-/m1/s1. The van der Waals surface area contributed by atoms with E-state index in [1.165, 1.54) is 5.56 Å². The zero-order valence-electron chi connectivity index (χ0n) is 7.40. The summed E-state index contributed by atoms with van der Waals surface area (Å²) in [6.07, 6.45) is 2.73. The molecule has 0 amide bonds. The third kappa shape index (κ3) is 2.08. The van der Waals surface area contributed by atoms with E-state index in [9.17, 15) is 4.79 Å². The highest BCUT2D eigenvalue weighted by atomic mass is 16.6. The summed E-state index contributed by atoms with van der Waals surface area (Å²) < 4.78 is 4.92. The molecule has 1 aliphatic heterocycles. The summed E-state index contributed by atoms with van der Waals surface area (Å²) >= 11 is 0. The summed E-state index contributed by atoms with van der Waals surface area (Å²) in [4.78, 5) is 10.5. The van der Waals surface area contributed by atoms with Crippen LogP contribution >= 0.6 is 0 Å². The maximum Gasteiger partial charge on any atom is 0.309 e. The van der Waals surface area contributed by atoms with Crippen LogP contribution in [0.5, 0.6) is 0 Å². The second kappa shape index (κ2) is 3.60. The lowest BCUT2D eigenvalue weighted by Gasteiger charge is -2.25. The molecule has 0 aromatic heterocycles. The first-order valence-corrected chi connectivity index (χ1v) is 4.58. The van der Waals surface area contributed by atoms with Crippen LogP contribution < -0.4 is 0 Å². The topological polar surface area (TPSA) is 26.3 Å². The monoisotopic (exact) mass is 176 g/mol. The van der Waals surface area contributed by atoms with Crippen molar-refractivity contribution in [2.45, 2.75) is 25.4 Å². The molecular formula is C11H12O2. The lowest BCUT2D eigenvalue weighted by Crippen LogP contribution is -2.32. The Bertz CT molecular complexity index is 284. The first kappa shape index (κ1) is 8.30. The Hall–Kier alpha value is -1.31. The van der Waals surface area contributed by atoms with E-state index in [-0.39, 0.29) is 12.1 Å². The predicted octanol–water partition coefficient (Wildman–Crippen LogP) is 1.93. The molecule has 2 rings (SSSR count). The van der Waals surface area contributed by atoms with E-state index in [0.29, 0.717) is 6.42 Å². The normalized spacial score (nSPS) is 20.6. The number of hydrogen-bond donors (Lipinski definition) is 0. The van der Waals surface area contributed by atoms with Crippen molar-refractivity contribution >= 4 is 5.97 Å². The van der Waals surface area contributed by atoms with E-state index in [2.05, 4.69) is 12.1 Å². The summed E-state index contributed by atoms with van der Waals surface area (Å²) in [7, 11) is 0. The van der Waals surface area contributed by atoms with Gasteiger partial charge in [0.25, 0.3) is 0 Å². The van der Waals surface area contributed by atoms with Gasteiger partial charge in [-0.15, -0.1) is 0 Å². The molecule has 1 saturated heterocycles. The van der Waals surface area contributed by atoms with Crippen LogP contribution in [0.3, 0.4) is 0 Å². The molecule has 68 valence electrons. The number of aryl methyl sites for hydroxylation is 1. The Kier molecular flexibility index (Phi) is 2.30. The Morgan fingerprint density at radius 1 is 1.31 bits per heavy atom. The largest absolute Gasteiger partial charge is 0.462 e. The highest BCUT2D eigenvalue weighted by Crippen LogP contribution is 2.18. The van der Waals surface area contributed by atoms with E-state index in [1.54, 1.807) is 0 Å². The molecule has 1 atom stereocenters. The van der Waals surface area contributed by atoms with Gasteiger partial charge in [-0.3, -0.25) is 4.79 Å². The van der Waals surface area contributed by atoms with Gasteiger partial charge >= 0.3 is 5.97 Å².